The minimum atomic E-state index is -0.312. The first kappa shape index (κ1) is 17.8. The van der Waals surface area contributed by atoms with Crippen molar-refractivity contribution in [3.8, 4) is 34.2 Å². The van der Waals surface area contributed by atoms with Crippen molar-refractivity contribution >= 4 is 11.4 Å². The van der Waals surface area contributed by atoms with Crippen LogP contribution < -0.4 is 9.47 Å². The molecule has 0 unspecified atom stereocenters. The summed E-state index contributed by atoms with van der Waals surface area (Å²) >= 11 is 0. The number of pyridine rings is 1. The summed E-state index contributed by atoms with van der Waals surface area (Å²) in [5.74, 6) is 1.96. The van der Waals surface area contributed by atoms with Crippen LogP contribution >= 0.6 is 0 Å². The molecule has 0 saturated carbocycles. The summed E-state index contributed by atoms with van der Waals surface area (Å²) in [4.78, 5) is 9.33. The van der Waals surface area contributed by atoms with Gasteiger partial charge in [-0.05, 0) is 48.5 Å². The highest BCUT2D eigenvalue weighted by Gasteiger charge is 2.23. The fourth-order valence-electron chi connectivity index (χ4n) is 3.78. The number of aromatic nitrogens is 3. The van der Waals surface area contributed by atoms with Gasteiger partial charge >= 0.3 is 0 Å². The van der Waals surface area contributed by atoms with Gasteiger partial charge in [-0.3, -0.25) is 9.98 Å². The number of hydrogen-bond acceptors (Lipinski definition) is 7. The lowest BCUT2D eigenvalue weighted by Gasteiger charge is -2.07. The van der Waals surface area contributed by atoms with Crippen LogP contribution in [0.1, 0.15) is 11.5 Å². The number of rotatable bonds is 4. The molecule has 4 aromatic rings. The molecule has 0 fully saturated rings. The molecule has 6 rings (SSSR count). The van der Waals surface area contributed by atoms with E-state index in [1.165, 1.54) is 12.1 Å². The van der Waals surface area contributed by atoms with Crippen molar-refractivity contribution in [1.82, 2.24) is 15.2 Å². The number of ether oxygens (including phenoxy) is 2. The fourth-order valence-corrected chi connectivity index (χ4v) is 3.78. The van der Waals surface area contributed by atoms with Crippen LogP contribution in [0.3, 0.4) is 0 Å². The summed E-state index contributed by atoms with van der Waals surface area (Å²) in [7, 11) is 0. The maximum absolute atomic E-state index is 13.1. The molecule has 0 saturated heterocycles. The van der Waals surface area contributed by atoms with Crippen LogP contribution in [0.15, 0.2) is 64.1 Å². The maximum atomic E-state index is 13.1. The van der Waals surface area contributed by atoms with Crippen LogP contribution in [0.25, 0.3) is 22.7 Å². The third-order valence-corrected chi connectivity index (χ3v) is 5.25. The second-order valence-electron chi connectivity index (χ2n) is 7.26. The molecule has 2 aromatic heterocycles. The molecule has 0 radical (unpaired) electrons. The Balaban J connectivity index is 1.24. The standard InChI is InChI=1S/C23H15FN4O3/c24-15-4-1-13(2-5-15)23-28-27-21(31-23)11-16-10-17-18(26-16)7-8-25-22(17)14-3-6-19-20(9-14)30-12-29-19/h1-9H,10-12H2. The maximum Gasteiger partial charge on any atom is 0.247 e. The molecule has 4 heterocycles. The Morgan fingerprint density at radius 2 is 1.74 bits per heavy atom. The van der Waals surface area contributed by atoms with Gasteiger partial charge in [0.25, 0.3) is 0 Å². The van der Waals surface area contributed by atoms with E-state index in [9.17, 15) is 4.39 Å². The highest BCUT2D eigenvalue weighted by Crippen LogP contribution is 2.39. The Bertz CT molecular complexity index is 1330. The zero-order valence-electron chi connectivity index (χ0n) is 16.2. The van der Waals surface area contributed by atoms with Crippen molar-refractivity contribution in [3.63, 3.8) is 0 Å². The molecule has 0 bridgehead atoms. The van der Waals surface area contributed by atoms with E-state index in [4.69, 9.17) is 18.9 Å². The minimum absolute atomic E-state index is 0.233. The van der Waals surface area contributed by atoms with E-state index >= 15 is 0 Å². The van der Waals surface area contributed by atoms with Gasteiger partial charge in [0, 0.05) is 35.0 Å². The van der Waals surface area contributed by atoms with Crippen LogP contribution in [0.2, 0.25) is 0 Å². The zero-order valence-corrected chi connectivity index (χ0v) is 16.2. The van der Waals surface area contributed by atoms with E-state index in [1.54, 1.807) is 18.3 Å². The van der Waals surface area contributed by atoms with Gasteiger partial charge in [0.2, 0.25) is 18.6 Å². The van der Waals surface area contributed by atoms with Gasteiger partial charge in [-0.1, -0.05) is 0 Å². The first-order valence-corrected chi connectivity index (χ1v) is 9.75. The predicted octanol–water partition coefficient (Wildman–Crippen LogP) is 4.54. The highest BCUT2D eigenvalue weighted by atomic mass is 19.1. The van der Waals surface area contributed by atoms with E-state index in [0.717, 1.165) is 39.7 Å². The number of halogens is 1. The van der Waals surface area contributed by atoms with Crippen LogP contribution in [0, 0.1) is 5.82 Å². The van der Waals surface area contributed by atoms with Crippen LogP contribution in [-0.4, -0.2) is 27.7 Å². The summed E-state index contributed by atoms with van der Waals surface area (Å²) < 4.78 is 29.8. The second-order valence-corrected chi connectivity index (χ2v) is 7.26. The highest BCUT2D eigenvalue weighted by molar-refractivity contribution is 5.97. The summed E-state index contributed by atoms with van der Waals surface area (Å²) in [6.07, 6.45) is 2.83. The van der Waals surface area contributed by atoms with Crippen molar-refractivity contribution in [2.24, 2.45) is 4.99 Å². The Morgan fingerprint density at radius 1 is 0.903 bits per heavy atom. The van der Waals surface area contributed by atoms with Crippen molar-refractivity contribution in [1.29, 1.82) is 0 Å². The summed E-state index contributed by atoms with van der Waals surface area (Å²) in [5.41, 5.74) is 5.34. The largest absolute Gasteiger partial charge is 0.454 e. The molecular formula is C23H15FN4O3. The first-order valence-electron chi connectivity index (χ1n) is 9.75. The normalized spacial score (nSPS) is 13.9. The number of nitrogens with zero attached hydrogens (tertiary/aromatic N) is 4. The molecule has 31 heavy (non-hydrogen) atoms. The summed E-state index contributed by atoms with van der Waals surface area (Å²) in [5, 5.41) is 8.20. The topological polar surface area (TPSA) is 82.6 Å². The first-order chi connectivity index (χ1) is 15.2. The van der Waals surface area contributed by atoms with Crippen molar-refractivity contribution in [3.05, 3.63) is 72.0 Å². The Morgan fingerprint density at radius 3 is 2.65 bits per heavy atom. The van der Waals surface area contributed by atoms with Crippen molar-refractivity contribution in [2.45, 2.75) is 12.8 Å². The summed E-state index contributed by atoms with van der Waals surface area (Å²) in [6, 6.07) is 13.7. The van der Waals surface area contributed by atoms with E-state index < -0.39 is 0 Å². The third-order valence-electron chi connectivity index (χ3n) is 5.25. The van der Waals surface area contributed by atoms with Gasteiger partial charge in [0.1, 0.15) is 5.82 Å². The van der Waals surface area contributed by atoms with Crippen LogP contribution in [0.5, 0.6) is 11.5 Å². The quantitative estimate of drug-likeness (QED) is 0.488. The molecular weight excluding hydrogens is 399 g/mol. The lowest BCUT2D eigenvalue weighted by atomic mass is 10.0. The molecule has 0 N–H and O–H groups in total. The number of aliphatic imine (C=N–C) groups is 1. The molecule has 2 aliphatic heterocycles. The number of benzene rings is 2. The lowest BCUT2D eigenvalue weighted by molar-refractivity contribution is 0.174. The van der Waals surface area contributed by atoms with Gasteiger partial charge in [-0.25, -0.2) is 4.39 Å². The Labute approximate surface area is 176 Å². The van der Waals surface area contributed by atoms with Gasteiger partial charge in [-0.2, -0.15) is 0 Å². The smallest absolute Gasteiger partial charge is 0.247 e. The Hall–Kier alpha value is -4.07. The number of fused-ring (bicyclic) bond motifs is 2. The fraction of sp³-hybridized carbons (Fsp3) is 0.130. The Kier molecular flexibility index (Phi) is 4.02. The van der Waals surface area contributed by atoms with Gasteiger partial charge in [-0.15, -0.1) is 10.2 Å². The lowest BCUT2D eigenvalue weighted by Crippen LogP contribution is -2.04. The molecule has 2 aromatic carbocycles. The molecule has 7 nitrogen and oxygen atoms in total. The van der Waals surface area contributed by atoms with E-state index in [0.29, 0.717) is 30.2 Å². The van der Waals surface area contributed by atoms with Crippen LogP contribution in [0.4, 0.5) is 10.1 Å². The molecule has 152 valence electrons. The molecule has 0 atom stereocenters. The van der Waals surface area contributed by atoms with Gasteiger partial charge < -0.3 is 13.9 Å². The van der Waals surface area contributed by atoms with Crippen molar-refractivity contribution in [2.75, 3.05) is 6.79 Å². The van der Waals surface area contributed by atoms with E-state index in [-0.39, 0.29) is 12.6 Å². The SMILES string of the molecule is Fc1ccc(-c2nnc(CC3=Nc4ccnc(-c5ccc6c(c5)OCO6)c4C3)o2)cc1. The molecule has 0 aliphatic carbocycles. The minimum Gasteiger partial charge on any atom is -0.454 e. The molecule has 8 heteroatoms. The van der Waals surface area contributed by atoms with E-state index in [2.05, 4.69) is 15.2 Å². The monoisotopic (exact) mass is 414 g/mol. The zero-order chi connectivity index (χ0) is 20.8. The average Bonchev–Trinajstić information content (AvgIpc) is 3.53. The van der Waals surface area contributed by atoms with E-state index in [1.807, 2.05) is 24.3 Å². The molecule has 0 amide bonds. The number of hydrogen-bond donors (Lipinski definition) is 0. The average molecular weight is 414 g/mol. The summed E-state index contributed by atoms with van der Waals surface area (Å²) in [6.45, 7) is 0.233. The van der Waals surface area contributed by atoms with Gasteiger partial charge in [0.15, 0.2) is 11.5 Å². The molecule has 0 spiro atoms. The second kappa shape index (κ2) is 7.02. The third kappa shape index (κ3) is 3.22. The van der Waals surface area contributed by atoms with Crippen LogP contribution in [-0.2, 0) is 12.8 Å². The van der Waals surface area contributed by atoms with Crippen molar-refractivity contribution < 1.29 is 18.3 Å². The predicted molar refractivity (Wildman–Crippen MR) is 110 cm³/mol. The van der Waals surface area contributed by atoms with Gasteiger partial charge in [0.05, 0.1) is 17.8 Å². The molecule has 2 aliphatic rings.